The summed E-state index contributed by atoms with van der Waals surface area (Å²) in [6.07, 6.45) is 0.696. The first kappa shape index (κ1) is 14.8. The molecular formula is C15H23N3O2. The van der Waals surface area contributed by atoms with E-state index in [1.807, 2.05) is 30.9 Å². The van der Waals surface area contributed by atoms with Crippen molar-refractivity contribution >= 4 is 17.3 Å². The van der Waals surface area contributed by atoms with Crippen LogP contribution in [0.15, 0.2) is 18.2 Å². The van der Waals surface area contributed by atoms with Gasteiger partial charge in [-0.15, -0.1) is 0 Å². The Balaban J connectivity index is 2.03. The molecule has 1 fully saturated rings. The second kappa shape index (κ2) is 5.42. The Morgan fingerprint density at radius 1 is 1.55 bits per heavy atom. The molecule has 20 heavy (non-hydrogen) atoms. The first-order chi connectivity index (χ1) is 9.28. The van der Waals surface area contributed by atoms with Crippen LogP contribution in [0.2, 0.25) is 0 Å². The third-order valence-corrected chi connectivity index (χ3v) is 3.93. The summed E-state index contributed by atoms with van der Waals surface area (Å²) in [6.45, 7) is 6.85. The van der Waals surface area contributed by atoms with Crippen LogP contribution >= 0.6 is 0 Å². The molecule has 1 aliphatic heterocycles. The number of hydrogen-bond acceptors (Lipinski definition) is 4. The van der Waals surface area contributed by atoms with Crippen molar-refractivity contribution in [1.82, 2.24) is 4.90 Å². The number of anilines is 2. The number of hydrogen-bond donors (Lipinski definition) is 3. The van der Waals surface area contributed by atoms with Gasteiger partial charge in [0.25, 0.3) is 0 Å². The largest absolute Gasteiger partial charge is 0.399 e. The molecule has 1 saturated heterocycles. The van der Waals surface area contributed by atoms with Crippen molar-refractivity contribution in [2.45, 2.75) is 38.8 Å². The third-order valence-electron chi connectivity index (χ3n) is 3.93. The minimum absolute atomic E-state index is 0.0728. The topological polar surface area (TPSA) is 78.6 Å². The summed E-state index contributed by atoms with van der Waals surface area (Å²) in [5.41, 5.74) is 7.40. The highest BCUT2D eigenvalue weighted by molar-refractivity contribution is 5.95. The Hall–Kier alpha value is -1.59. The molecule has 5 nitrogen and oxygen atoms in total. The minimum Gasteiger partial charge on any atom is -0.399 e. The summed E-state index contributed by atoms with van der Waals surface area (Å²) >= 11 is 0. The number of nitrogens with one attached hydrogen (secondary N) is 1. The van der Waals surface area contributed by atoms with E-state index in [0.717, 1.165) is 17.8 Å². The van der Waals surface area contributed by atoms with Gasteiger partial charge in [0, 0.05) is 24.5 Å². The number of benzene rings is 1. The number of aryl methyl sites for hydroxylation is 1. The number of rotatable bonds is 3. The number of carbonyl (C=O) groups excluding carboxylic acids is 1. The Morgan fingerprint density at radius 3 is 2.85 bits per heavy atom. The molecular weight excluding hydrogens is 254 g/mol. The quantitative estimate of drug-likeness (QED) is 0.729. The summed E-state index contributed by atoms with van der Waals surface area (Å²) in [5.74, 6) is -0.0728. The highest BCUT2D eigenvalue weighted by Crippen LogP contribution is 2.23. The minimum atomic E-state index is -0.693. The Bertz CT molecular complexity index is 514. The first-order valence-electron chi connectivity index (χ1n) is 6.92. The van der Waals surface area contributed by atoms with Crippen LogP contribution in [-0.4, -0.2) is 40.6 Å². The monoisotopic (exact) mass is 277 g/mol. The van der Waals surface area contributed by atoms with E-state index >= 15 is 0 Å². The average molecular weight is 277 g/mol. The van der Waals surface area contributed by atoms with Gasteiger partial charge in [-0.05, 0) is 44.9 Å². The van der Waals surface area contributed by atoms with Crippen molar-refractivity contribution in [2.24, 2.45) is 0 Å². The smallest absolute Gasteiger partial charge is 0.241 e. The zero-order valence-corrected chi connectivity index (χ0v) is 12.3. The molecule has 0 aliphatic carbocycles. The number of aliphatic hydroxyl groups is 1. The molecule has 1 aromatic carbocycles. The first-order valence-corrected chi connectivity index (χ1v) is 6.92. The number of likely N-dealkylation sites (tertiary alicyclic amines) is 1. The maximum absolute atomic E-state index is 12.3. The predicted molar refractivity (Wildman–Crippen MR) is 80.5 cm³/mol. The van der Waals surface area contributed by atoms with Crippen LogP contribution in [0.1, 0.15) is 25.8 Å². The van der Waals surface area contributed by atoms with Crippen molar-refractivity contribution in [2.75, 3.05) is 24.1 Å². The molecule has 0 radical (unpaired) electrons. The highest BCUT2D eigenvalue weighted by Gasteiger charge is 2.35. The summed E-state index contributed by atoms with van der Waals surface area (Å²) in [6, 6.07) is 5.19. The fraction of sp³-hybridized carbons (Fsp3) is 0.533. The molecule has 1 aromatic rings. The van der Waals surface area contributed by atoms with Gasteiger partial charge in [0.2, 0.25) is 5.91 Å². The summed E-state index contributed by atoms with van der Waals surface area (Å²) in [5, 5.41) is 12.9. The Kier molecular flexibility index (Phi) is 4.01. The Labute approximate surface area is 119 Å². The maximum atomic E-state index is 12.3. The van der Waals surface area contributed by atoms with Gasteiger partial charge in [-0.1, -0.05) is 6.07 Å². The van der Waals surface area contributed by atoms with Gasteiger partial charge in [0.15, 0.2) is 0 Å². The average Bonchev–Trinajstić information content (AvgIpc) is 2.73. The zero-order valence-electron chi connectivity index (χ0n) is 12.3. The summed E-state index contributed by atoms with van der Waals surface area (Å²) < 4.78 is 0. The highest BCUT2D eigenvalue weighted by atomic mass is 16.3. The fourth-order valence-corrected chi connectivity index (χ4v) is 2.49. The molecule has 1 amide bonds. The van der Waals surface area contributed by atoms with Crippen LogP contribution < -0.4 is 11.1 Å². The van der Waals surface area contributed by atoms with Crippen molar-refractivity contribution in [3.8, 4) is 0 Å². The number of β-amino-alcohol motifs (C(OH)–C–C–N with tert-alkyl or cyclic N) is 1. The van der Waals surface area contributed by atoms with Gasteiger partial charge in [-0.2, -0.15) is 0 Å². The van der Waals surface area contributed by atoms with E-state index < -0.39 is 5.60 Å². The van der Waals surface area contributed by atoms with E-state index in [1.54, 1.807) is 13.0 Å². The van der Waals surface area contributed by atoms with Gasteiger partial charge in [0.05, 0.1) is 11.6 Å². The SMILES string of the molecule is Cc1ccc(N)cc1NC(=O)C(C)N1CCC(C)(O)C1. The molecule has 0 aromatic heterocycles. The second-order valence-corrected chi connectivity index (χ2v) is 5.96. The van der Waals surface area contributed by atoms with Crippen molar-refractivity contribution in [3.63, 3.8) is 0 Å². The van der Waals surface area contributed by atoms with E-state index in [2.05, 4.69) is 5.32 Å². The molecule has 110 valence electrons. The molecule has 2 atom stereocenters. The lowest BCUT2D eigenvalue weighted by atomic mass is 10.1. The van der Waals surface area contributed by atoms with Crippen LogP contribution in [0, 0.1) is 6.92 Å². The number of nitrogen functional groups attached to an aromatic ring is 1. The van der Waals surface area contributed by atoms with Crippen LogP contribution in [0.25, 0.3) is 0 Å². The van der Waals surface area contributed by atoms with Crippen molar-refractivity contribution < 1.29 is 9.90 Å². The molecule has 0 saturated carbocycles. The van der Waals surface area contributed by atoms with Gasteiger partial charge in [0.1, 0.15) is 0 Å². The lowest BCUT2D eigenvalue weighted by molar-refractivity contribution is -0.120. The Morgan fingerprint density at radius 2 is 2.25 bits per heavy atom. The molecule has 2 unspecified atom stereocenters. The second-order valence-electron chi connectivity index (χ2n) is 5.96. The lowest BCUT2D eigenvalue weighted by Gasteiger charge is -2.25. The predicted octanol–water partition coefficient (Wildman–Crippen LogP) is 1.36. The third kappa shape index (κ3) is 3.29. The number of amides is 1. The van der Waals surface area contributed by atoms with Crippen molar-refractivity contribution in [1.29, 1.82) is 0 Å². The molecule has 2 rings (SSSR count). The van der Waals surface area contributed by atoms with Gasteiger partial charge >= 0.3 is 0 Å². The normalized spacial score (nSPS) is 24.6. The molecule has 5 heteroatoms. The fourth-order valence-electron chi connectivity index (χ4n) is 2.49. The van der Waals surface area contributed by atoms with Gasteiger partial charge < -0.3 is 16.2 Å². The van der Waals surface area contributed by atoms with Crippen LogP contribution in [0.4, 0.5) is 11.4 Å². The number of nitrogens with zero attached hydrogens (tertiary/aromatic N) is 1. The number of nitrogens with two attached hydrogens (primary N) is 1. The van der Waals surface area contributed by atoms with Gasteiger partial charge in [-0.3, -0.25) is 9.69 Å². The molecule has 1 heterocycles. The molecule has 0 bridgehead atoms. The molecule has 0 spiro atoms. The van der Waals surface area contributed by atoms with E-state index in [9.17, 15) is 9.90 Å². The summed E-state index contributed by atoms with van der Waals surface area (Å²) in [7, 11) is 0. The van der Waals surface area contributed by atoms with E-state index in [1.165, 1.54) is 0 Å². The van der Waals surface area contributed by atoms with E-state index in [-0.39, 0.29) is 11.9 Å². The summed E-state index contributed by atoms with van der Waals surface area (Å²) in [4.78, 5) is 14.3. The maximum Gasteiger partial charge on any atom is 0.241 e. The molecule has 4 N–H and O–H groups in total. The zero-order chi connectivity index (χ0) is 14.9. The van der Waals surface area contributed by atoms with Crippen LogP contribution in [0.3, 0.4) is 0 Å². The van der Waals surface area contributed by atoms with E-state index in [0.29, 0.717) is 18.7 Å². The van der Waals surface area contributed by atoms with Crippen molar-refractivity contribution in [3.05, 3.63) is 23.8 Å². The van der Waals surface area contributed by atoms with E-state index in [4.69, 9.17) is 5.73 Å². The standard InChI is InChI=1S/C15H23N3O2/c1-10-4-5-12(16)8-13(10)17-14(19)11(2)18-7-6-15(3,20)9-18/h4-5,8,11,20H,6-7,9,16H2,1-3H3,(H,17,19). The molecule has 1 aliphatic rings. The van der Waals surface area contributed by atoms with Gasteiger partial charge in [-0.25, -0.2) is 0 Å². The lowest BCUT2D eigenvalue weighted by Crippen LogP contribution is -2.42. The van der Waals surface area contributed by atoms with Crippen LogP contribution in [0.5, 0.6) is 0 Å². The number of carbonyl (C=O) groups is 1. The van der Waals surface area contributed by atoms with Crippen LogP contribution in [-0.2, 0) is 4.79 Å².